The molecule has 0 unspecified atom stereocenters. The predicted molar refractivity (Wildman–Crippen MR) is 82.4 cm³/mol. The van der Waals surface area contributed by atoms with Crippen molar-refractivity contribution >= 4 is 17.7 Å². The standard InChI is InChI=1S/C16H21NO6/c1-12(18)7-8-16(20)23-11-15(19)17-9-10-22-14-6-4-3-5-13(14)21-2/h3-6H,7-11H2,1-2H3,(H,17,19). The van der Waals surface area contributed by atoms with Crippen molar-refractivity contribution in [1.29, 1.82) is 0 Å². The summed E-state index contributed by atoms with van der Waals surface area (Å²) in [5, 5.41) is 2.56. The fourth-order valence-electron chi connectivity index (χ4n) is 1.64. The number of ether oxygens (including phenoxy) is 3. The zero-order valence-corrected chi connectivity index (χ0v) is 13.3. The largest absolute Gasteiger partial charge is 0.493 e. The summed E-state index contributed by atoms with van der Waals surface area (Å²) in [5.74, 6) is 0.100. The molecule has 0 aliphatic carbocycles. The number of carbonyl (C=O) groups excluding carboxylic acids is 3. The van der Waals surface area contributed by atoms with E-state index in [0.29, 0.717) is 11.5 Å². The monoisotopic (exact) mass is 323 g/mol. The van der Waals surface area contributed by atoms with Crippen LogP contribution in [0.15, 0.2) is 24.3 Å². The Morgan fingerprint density at radius 2 is 1.78 bits per heavy atom. The Morgan fingerprint density at radius 3 is 2.43 bits per heavy atom. The van der Waals surface area contributed by atoms with Gasteiger partial charge in [0.15, 0.2) is 18.1 Å². The molecular weight excluding hydrogens is 302 g/mol. The van der Waals surface area contributed by atoms with Crippen LogP contribution in [0.1, 0.15) is 19.8 Å². The summed E-state index contributed by atoms with van der Waals surface area (Å²) in [4.78, 5) is 33.4. The first-order valence-electron chi connectivity index (χ1n) is 7.20. The molecule has 0 saturated heterocycles. The second-order valence-electron chi connectivity index (χ2n) is 4.71. The lowest BCUT2D eigenvalue weighted by Gasteiger charge is -2.11. The summed E-state index contributed by atoms with van der Waals surface area (Å²) in [7, 11) is 1.55. The van der Waals surface area contributed by atoms with Gasteiger partial charge >= 0.3 is 5.97 Å². The Morgan fingerprint density at radius 1 is 1.09 bits per heavy atom. The van der Waals surface area contributed by atoms with Gasteiger partial charge in [0.25, 0.3) is 5.91 Å². The zero-order valence-electron chi connectivity index (χ0n) is 13.3. The fraction of sp³-hybridized carbons (Fsp3) is 0.438. The normalized spacial score (nSPS) is 9.83. The first-order valence-corrected chi connectivity index (χ1v) is 7.20. The molecule has 0 aliphatic rings. The van der Waals surface area contributed by atoms with Crippen molar-refractivity contribution in [3.8, 4) is 11.5 Å². The molecular formula is C16H21NO6. The number of rotatable bonds is 10. The predicted octanol–water partition coefficient (Wildman–Crippen LogP) is 1.10. The van der Waals surface area contributed by atoms with Gasteiger partial charge in [0.2, 0.25) is 0 Å². The third-order valence-corrected chi connectivity index (χ3v) is 2.80. The Labute approximate surface area is 134 Å². The van der Waals surface area contributed by atoms with Crippen molar-refractivity contribution in [3.63, 3.8) is 0 Å². The van der Waals surface area contributed by atoms with E-state index in [0.717, 1.165) is 0 Å². The first kappa shape index (κ1) is 18.5. The van der Waals surface area contributed by atoms with Gasteiger partial charge in [0.05, 0.1) is 20.1 Å². The number of ketones is 1. The number of esters is 1. The molecule has 0 bridgehead atoms. The summed E-state index contributed by atoms with van der Waals surface area (Å²) < 4.78 is 15.4. The van der Waals surface area contributed by atoms with E-state index >= 15 is 0 Å². The third kappa shape index (κ3) is 7.85. The quantitative estimate of drug-likeness (QED) is 0.512. The second kappa shape index (κ2) is 10.2. The number of para-hydroxylation sites is 2. The molecule has 0 saturated carbocycles. The lowest BCUT2D eigenvalue weighted by atomic mass is 10.2. The van der Waals surface area contributed by atoms with E-state index < -0.39 is 11.9 Å². The van der Waals surface area contributed by atoms with E-state index in [1.54, 1.807) is 19.2 Å². The van der Waals surface area contributed by atoms with E-state index in [-0.39, 0.29) is 38.4 Å². The highest BCUT2D eigenvalue weighted by Crippen LogP contribution is 2.25. The second-order valence-corrected chi connectivity index (χ2v) is 4.71. The number of amides is 1. The van der Waals surface area contributed by atoms with Crippen LogP contribution < -0.4 is 14.8 Å². The molecule has 0 spiro atoms. The van der Waals surface area contributed by atoms with Gasteiger partial charge in [0, 0.05) is 6.42 Å². The number of carbonyl (C=O) groups is 3. The van der Waals surface area contributed by atoms with Gasteiger partial charge in [-0.05, 0) is 19.1 Å². The van der Waals surface area contributed by atoms with Gasteiger partial charge in [-0.3, -0.25) is 9.59 Å². The van der Waals surface area contributed by atoms with Crippen LogP contribution in [0.2, 0.25) is 0 Å². The maximum absolute atomic E-state index is 11.5. The van der Waals surface area contributed by atoms with E-state index in [2.05, 4.69) is 5.32 Å². The highest BCUT2D eigenvalue weighted by atomic mass is 16.5. The van der Waals surface area contributed by atoms with E-state index in [1.165, 1.54) is 6.92 Å². The minimum absolute atomic E-state index is 0.0144. The molecule has 0 heterocycles. The van der Waals surface area contributed by atoms with Gasteiger partial charge in [-0.25, -0.2) is 0 Å². The van der Waals surface area contributed by atoms with E-state index in [9.17, 15) is 14.4 Å². The van der Waals surface area contributed by atoms with Crippen LogP contribution in [0, 0.1) is 0 Å². The minimum Gasteiger partial charge on any atom is -0.493 e. The van der Waals surface area contributed by atoms with Crippen molar-refractivity contribution < 1.29 is 28.6 Å². The van der Waals surface area contributed by atoms with Gasteiger partial charge in [-0.2, -0.15) is 0 Å². The van der Waals surface area contributed by atoms with Gasteiger partial charge in [-0.1, -0.05) is 12.1 Å². The van der Waals surface area contributed by atoms with Crippen molar-refractivity contribution in [2.75, 3.05) is 26.9 Å². The number of Topliss-reactive ketones (excluding diaryl/α,β-unsaturated/α-hetero) is 1. The number of nitrogens with one attached hydrogen (secondary N) is 1. The molecule has 0 fully saturated rings. The molecule has 7 nitrogen and oxygen atoms in total. The Bertz CT molecular complexity index is 543. The lowest BCUT2D eigenvalue weighted by molar-refractivity contribution is -0.149. The van der Waals surface area contributed by atoms with Crippen molar-refractivity contribution in [1.82, 2.24) is 5.32 Å². The van der Waals surface area contributed by atoms with E-state index in [1.807, 2.05) is 12.1 Å². The number of methoxy groups -OCH3 is 1. The van der Waals surface area contributed by atoms with Crippen LogP contribution in [0.5, 0.6) is 11.5 Å². The smallest absolute Gasteiger partial charge is 0.306 e. The van der Waals surface area contributed by atoms with Crippen LogP contribution in [0.4, 0.5) is 0 Å². The molecule has 1 amide bonds. The molecule has 1 N–H and O–H groups in total. The zero-order chi connectivity index (χ0) is 17.1. The first-order chi connectivity index (χ1) is 11.0. The molecule has 23 heavy (non-hydrogen) atoms. The molecule has 0 atom stereocenters. The molecule has 1 aromatic rings. The fourth-order valence-corrected chi connectivity index (χ4v) is 1.64. The molecule has 7 heteroatoms. The van der Waals surface area contributed by atoms with Crippen LogP contribution in [-0.4, -0.2) is 44.5 Å². The third-order valence-electron chi connectivity index (χ3n) is 2.80. The molecule has 126 valence electrons. The van der Waals surface area contributed by atoms with Crippen LogP contribution >= 0.6 is 0 Å². The van der Waals surface area contributed by atoms with Crippen molar-refractivity contribution in [2.45, 2.75) is 19.8 Å². The topological polar surface area (TPSA) is 90.9 Å². The molecule has 0 radical (unpaired) electrons. The SMILES string of the molecule is COc1ccccc1OCCNC(=O)COC(=O)CCC(C)=O. The number of hydrogen-bond acceptors (Lipinski definition) is 6. The summed E-state index contributed by atoms with van der Waals surface area (Å²) in [6, 6.07) is 7.18. The summed E-state index contributed by atoms with van der Waals surface area (Å²) in [5.41, 5.74) is 0. The number of hydrogen-bond donors (Lipinski definition) is 1. The minimum atomic E-state index is -0.569. The lowest BCUT2D eigenvalue weighted by Crippen LogP contribution is -2.32. The molecule has 1 rings (SSSR count). The van der Waals surface area contributed by atoms with Gasteiger partial charge in [0.1, 0.15) is 12.4 Å². The number of benzene rings is 1. The van der Waals surface area contributed by atoms with Crippen LogP contribution in [0.3, 0.4) is 0 Å². The summed E-state index contributed by atoms with van der Waals surface area (Å²) >= 11 is 0. The highest BCUT2D eigenvalue weighted by Gasteiger charge is 2.08. The maximum atomic E-state index is 11.5. The Kier molecular flexibility index (Phi) is 8.20. The average molecular weight is 323 g/mol. The molecule has 0 aromatic heterocycles. The van der Waals surface area contributed by atoms with Crippen LogP contribution in [0.25, 0.3) is 0 Å². The Hall–Kier alpha value is -2.57. The van der Waals surface area contributed by atoms with Crippen molar-refractivity contribution in [2.24, 2.45) is 0 Å². The maximum Gasteiger partial charge on any atom is 0.306 e. The highest BCUT2D eigenvalue weighted by molar-refractivity contribution is 5.83. The van der Waals surface area contributed by atoms with E-state index in [4.69, 9.17) is 14.2 Å². The molecule has 1 aromatic carbocycles. The summed E-state index contributed by atoms with van der Waals surface area (Å²) in [6.07, 6.45) is 0.104. The van der Waals surface area contributed by atoms with Gasteiger partial charge < -0.3 is 24.3 Å². The van der Waals surface area contributed by atoms with Crippen LogP contribution in [-0.2, 0) is 19.1 Å². The Balaban J connectivity index is 2.17. The average Bonchev–Trinajstić information content (AvgIpc) is 2.55. The van der Waals surface area contributed by atoms with Gasteiger partial charge in [-0.15, -0.1) is 0 Å². The van der Waals surface area contributed by atoms with Crippen molar-refractivity contribution in [3.05, 3.63) is 24.3 Å². The molecule has 0 aliphatic heterocycles. The summed E-state index contributed by atoms with van der Waals surface area (Å²) in [6.45, 7) is 1.54.